The number of hydrogen-bond acceptors (Lipinski definition) is 2. The molecule has 0 aliphatic carbocycles. The molecule has 0 bridgehead atoms. The minimum Gasteiger partial charge on any atom is -0.326 e. The molecule has 0 heterocycles. The van der Waals surface area contributed by atoms with Crippen LogP contribution in [0.4, 0.5) is 11.4 Å². The van der Waals surface area contributed by atoms with Crippen molar-refractivity contribution in [1.29, 1.82) is 0 Å². The Labute approximate surface area is 147 Å². The van der Waals surface area contributed by atoms with Gasteiger partial charge >= 0.3 is 0 Å². The van der Waals surface area contributed by atoms with Crippen LogP contribution >= 0.6 is 11.6 Å². The summed E-state index contributed by atoms with van der Waals surface area (Å²) in [5, 5.41) is 3.42. The Kier molecular flexibility index (Phi) is 5.99. The number of amides is 2. The van der Waals surface area contributed by atoms with Crippen molar-refractivity contribution in [3.63, 3.8) is 0 Å². The number of carbonyl (C=O) groups is 2. The van der Waals surface area contributed by atoms with Crippen molar-refractivity contribution >= 4 is 34.8 Å². The Morgan fingerprint density at radius 3 is 2.25 bits per heavy atom. The summed E-state index contributed by atoms with van der Waals surface area (Å²) in [5.41, 5.74) is 3.47. The summed E-state index contributed by atoms with van der Waals surface area (Å²) in [4.78, 5) is 25.7. The van der Waals surface area contributed by atoms with E-state index in [4.69, 9.17) is 11.6 Å². The van der Waals surface area contributed by atoms with E-state index in [1.165, 1.54) is 11.8 Å². The maximum atomic E-state index is 12.3. The minimum atomic E-state index is -0.150. The lowest BCUT2D eigenvalue weighted by Crippen LogP contribution is -2.32. The zero-order chi connectivity index (χ0) is 17.7. The third-order valence-electron chi connectivity index (χ3n) is 3.83. The van der Waals surface area contributed by atoms with Crippen LogP contribution in [0.3, 0.4) is 0 Å². The number of benzene rings is 2. The minimum absolute atomic E-state index is 0.134. The number of nitrogens with one attached hydrogen (secondary N) is 1. The fourth-order valence-electron chi connectivity index (χ4n) is 2.55. The number of halogens is 1. The van der Waals surface area contributed by atoms with Gasteiger partial charge in [-0.25, -0.2) is 0 Å². The van der Waals surface area contributed by atoms with Crippen molar-refractivity contribution < 1.29 is 9.59 Å². The van der Waals surface area contributed by atoms with Gasteiger partial charge in [-0.3, -0.25) is 9.59 Å². The van der Waals surface area contributed by atoms with Gasteiger partial charge in [-0.15, -0.1) is 0 Å². The monoisotopic (exact) mass is 344 g/mol. The SMILES string of the molecule is CC(=O)N(CCC(=O)Nc1c(C)cccc1C)c1ccccc1Cl. The molecular weight excluding hydrogens is 324 g/mol. The van der Waals surface area contributed by atoms with Crippen LogP contribution in [0.1, 0.15) is 24.5 Å². The van der Waals surface area contributed by atoms with E-state index in [1.54, 1.807) is 18.2 Å². The zero-order valence-corrected chi connectivity index (χ0v) is 14.9. The highest BCUT2D eigenvalue weighted by Crippen LogP contribution is 2.25. The van der Waals surface area contributed by atoms with Gasteiger partial charge < -0.3 is 10.2 Å². The number of rotatable bonds is 5. The summed E-state index contributed by atoms with van der Waals surface area (Å²) >= 11 is 6.16. The van der Waals surface area contributed by atoms with Crippen LogP contribution in [-0.2, 0) is 9.59 Å². The maximum absolute atomic E-state index is 12.3. The maximum Gasteiger partial charge on any atom is 0.226 e. The largest absolute Gasteiger partial charge is 0.326 e. The summed E-state index contributed by atoms with van der Waals surface area (Å²) < 4.78 is 0. The predicted molar refractivity (Wildman–Crippen MR) is 98.6 cm³/mol. The van der Waals surface area contributed by atoms with Crippen molar-refractivity contribution in [2.75, 3.05) is 16.8 Å². The number of hydrogen-bond donors (Lipinski definition) is 1. The highest BCUT2D eigenvalue weighted by Gasteiger charge is 2.16. The molecule has 2 aromatic rings. The van der Waals surface area contributed by atoms with Crippen molar-refractivity contribution in [3.05, 3.63) is 58.6 Å². The first-order chi connectivity index (χ1) is 11.4. The molecule has 0 aliphatic rings. The second-order valence-electron chi connectivity index (χ2n) is 5.69. The first kappa shape index (κ1) is 18.0. The molecule has 5 heteroatoms. The molecule has 2 rings (SSSR count). The Hall–Kier alpha value is -2.33. The molecule has 1 N–H and O–H groups in total. The molecule has 2 aromatic carbocycles. The molecule has 2 amide bonds. The van der Waals surface area contributed by atoms with Crippen molar-refractivity contribution in [3.8, 4) is 0 Å². The lowest BCUT2D eigenvalue weighted by atomic mass is 10.1. The number of para-hydroxylation sites is 2. The first-order valence-electron chi connectivity index (χ1n) is 7.79. The molecule has 0 unspecified atom stereocenters. The smallest absolute Gasteiger partial charge is 0.226 e. The van der Waals surface area contributed by atoms with Gasteiger partial charge in [-0.1, -0.05) is 41.9 Å². The normalized spacial score (nSPS) is 10.3. The fourth-order valence-corrected chi connectivity index (χ4v) is 2.78. The van der Waals surface area contributed by atoms with Crippen molar-refractivity contribution in [1.82, 2.24) is 0 Å². The first-order valence-corrected chi connectivity index (χ1v) is 8.16. The van der Waals surface area contributed by atoms with Crippen LogP contribution in [0.15, 0.2) is 42.5 Å². The highest BCUT2D eigenvalue weighted by molar-refractivity contribution is 6.33. The van der Waals surface area contributed by atoms with E-state index in [9.17, 15) is 9.59 Å². The van der Waals surface area contributed by atoms with E-state index < -0.39 is 0 Å². The van der Waals surface area contributed by atoms with Gasteiger partial charge in [0.25, 0.3) is 0 Å². The van der Waals surface area contributed by atoms with Gasteiger partial charge in [0.1, 0.15) is 0 Å². The molecule has 0 atom stereocenters. The summed E-state index contributed by atoms with van der Waals surface area (Å²) in [6.45, 7) is 5.64. The van der Waals surface area contributed by atoms with Crippen LogP contribution in [-0.4, -0.2) is 18.4 Å². The van der Waals surface area contributed by atoms with E-state index in [0.29, 0.717) is 10.7 Å². The summed E-state index contributed by atoms with van der Waals surface area (Å²) in [5.74, 6) is -0.284. The summed E-state index contributed by atoms with van der Waals surface area (Å²) in [7, 11) is 0. The Morgan fingerprint density at radius 2 is 1.67 bits per heavy atom. The van der Waals surface area contributed by atoms with E-state index in [2.05, 4.69) is 5.32 Å². The predicted octanol–water partition coefficient (Wildman–Crippen LogP) is 4.34. The van der Waals surface area contributed by atoms with Crippen molar-refractivity contribution in [2.24, 2.45) is 0 Å². The second-order valence-corrected chi connectivity index (χ2v) is 6.09. The number of carbonyl (C=O) groups excluding carboxylic acids is 2. The molecular formula is C19H21ClN2O2. The van der Waals surface area contributed by atoms with Crippen molar-refractivity contribution in [2.45, 2.75) is 27.2 Å². The Balaban J connectivity index is 2.06. The summed E-state index contributed by atoms with van der Waals surface area (Å²) in [6.07, 6.45) is 0.193. The molecule has 0 saturated carbocycles. The molecule has 126 valence electrons. The third kappa shape index (κ3) is 4.36. The molecule has 4 nitrogen and oxygen atoms in total. The van der Waals surface area contributed by atoms with Gasteiger partial charge in [-0.05, 0) is 37.1 Å². The molecule has 0 aliphatic heterocycles. The molecule has 0 spiro atoms. The number of anilines is 2. The van der Waals surface area contributed by atoms with E-state index in [0.717, 1.165) is 16.8 Å². The summed E-state index contributed by atoms with van der Waals surface area (Å²) in [6, 6.07) is 13.0. The third-order valence-corrected chi connectivity index (χ3v) is 4.15. The average molecular weight is 345 g/mol. The Bertz CT molecular complexity index is 739. The van der Waals surface area contributed by atoms with Gasteiger partial charge in [-0.2, -0.15) is 0 Å². The number of nitrogens with zero attached hydrogens (tertiary/aromatic N) is 1. The van der Waals surface area contributed by atoms with Gasteiger partial charge in [0, 0.05) is 25.6 Å². The van der Waals surface area contributed by atoms with E-state index in [1.807, 2.05) is 38.1 Å². The van der Waals surface area contributed by atoms with E-state index >= 15 is 0 Å². The van der Waals surface area contributed by atoms with E-state index in [-0.39, 0.29) is 24.8 Å². The van der Waals surface area contributed by atoms with Gasteiger partial charge in [0.2, 0.25) is 11.8 Å². The van der Waals surface area contributed by atoms with Crippen LogP contribution in [0, 0.1) is 13.8 Å². The fraction of sp³-hybridized carbons (Fsp3) is 0.263. The molecule has 0 saturated heterocycles. The Morgan fingerprint density at radius 1 is 1.04 bits per heavy atom. The van der Waals surface area contributed by atoms with Gasteiger partial charge in [0.05, 0.1) is 10.7 Å². The molecule has 0 radical (unpaired) electrons. The molecule has 0 fully saturated rings. The van der Waals surface area contributed by atoms with Crippen LogP contribution < -0.4 is 10.2 Å². The zero-order valence-electron chi connectivity index (χ0n) is 14.1. The lowest BCUT2D eigenvalue weighted by Gasteiger charge is -2.22. The topological polar surface area (TPSA) is 49.4 Å². The average Bonchev–Trinajstić information content (AvgIpc) is 2.52. The quantitative estimate of drug-likeness (QED) is 0.877. The molecule has 24 heavy (non-hydrogen) atoms. The highest BCUT2D eigenvalue weighted by atomic mass is 35.5. The van der Waals surface area contributed by atoms with Crippen LogP contribution in [0.25, 0.3) is 0 Å². The number of aryl methyl sites for hydroxylation is 2. The second kappa shape index (κ2) is 7.97. The molecule has 0 aromatic heterocycles. The van der Waals surface area contributed by atoms with Crippen LogP contribution in [0.2, 0.25) is 5.02 Å². The standard InChI is InChI=1S/C19H21ClN2O2/c1-13-7-6-8-14(2)19(13)21-18(24)11-12-22(15(3)23)17-10-5-4-9-16(17)20/h4-10H,11-12H2,1-3H3,(H,21,24). The van der Waals surface area contributed by atoms with Crippen LogP contribution in [0.5, 0.6) is 0 Å². The lowest BCUT2D eigenvalue weighted by molar-refractivity contribution is -0.117. The van der Waals surface area contributed by atoms with Gasteiger partial charge in [0.15, 0.2) is 0 Å².